The van der Waals surface area contributed by atoms with Crippen LogP contribution in [0.25, 0.3) is 11.1 Å². The van der Waals surface area contributed by atoms with Crippen LogP contribution in [0.1, 0.15) is 5.56 Å². The number of anilines is 1. The van der Waals surface area contributed by atoms with E-state index in [1.54, 1.807) is 57.1 Å². The smallest absolute Gasteiger partial charge is 0.269 e. The Labute approximate surface area is 160 Å². The van der Waals surface area contributed by atoms with E-state index in [0.29, 0.717) is 17.4 Å². The fourth-order valence-corrected chi connectivity index (χ4v) is 2.41. The van der Waals surface area contributed by atoms with Gasteiger partial charge in [0.15, 0.2) is 11.5 Å². The van der Waals surface area contributed by atoms with Gasteiger partial charge in [0.2, 0.25) is 5.95 Å². The number of nitro benzene ring substituents is 1. The second-order valence-corrected chi connectivity index (χ2v) is 5.58. The van der Waals surface area contributed by atoms with E-state index < -0.39 is 4.92 Å². The number of nitrogens with zero attached hydrogens (tertiary/aromatic N) is 4. The van der Waals surface area contributed by atoms with Crippen LogP contribution in [-0.4, -0.2) is 35.3 Å². The minimum absolute atomic E-state index is 0.0347. The Morgan fingerprint density at radius 3 is 2.29 bits per heavy atom. The maximum atomic E-state index is 10.7. The summed E-state index contributed by atoms with van der Waals surface area (Å²) < 4.78 is 10.4. The SMILES string of the molecule is COc1ccc(C=NNc2ncc(-c3ccc([N+](=O)[O-])cc3)cn2)cc1OC. The van der Waals surface area contributed by atoms with Gasteiger partial charge in [-0.25, -0.2) is 15.4 Å². The summed E-state index contributed by atoms with van der Waals surface area (Å²) in [5.41, 5.74) is 5.12. The van der Waals surface area contributed by atoms with Crippen molar-refractivity contribution in [1.82, 2.24) is 9.97 Å². The standard InChI is InChI=1S/C19H17N5O4/c1-27-17-8-3-13(9-18(17)28-2)10-22-23-19-20-11-15(12-21-19)14-4-6-16(7-5-14)24(25)26/h3-12H,1-2H3,(H,20,21,23). The molecule has 9 nitrogen and oxygen atoms in total. The van der Waals surface area contributed by atoms with Crippen molar-refractivity contribution < 1.29 is 14.4 Å². The molecule has 0 saturated carbocycles. The average Bonchev–Trinajstić information content (AvgIpc) is 2.74. The van der Waals surface area contributed by atoms with Crippen LogP contribution in [0.2, 0.25) is 0 Å². The Morgan fingerprint density at radius 2 is 1.68 bits per heavy atom. The molecule has 0 unspecified atom stereocenters. The molecule has 142 valence electrons. The van der Waals surface area contributed by atoms with Gasteiger partial charge in [0, 0.05) is 30.1 Å². The number of ether oxygens (including phenoxy) is 2. The highest BCUT2D eigenvalue weighted by Gasteiger charge is 2.06. The molecule has 3 aromatic rings. The summed E-state index contributed by atoms with van der Waals surface area (Å²) in [4.78, 5) is 18.7. The molecule has 1 N–H and O–H groups in total. The lowest BCUT2D eigenvalue weighted by atomic mass is 10.1. The fraction of sp³-hybridized carbons (Fsp3) is 0.105. The molecule has 0 aliphatic rings. The van der Waals surface area contributed by atoms with Gasteiger partial charge in [0.05, 0.1) is 25.4 Å². The van der Waals surface area contributed by atoms with E-state index in [1.165, 1.54) is 12.1 Å². The van der Waals surface area contributed by atoms with Crippen LogP contribution in [0.4, 0.5) is 11.6 Å². The summed E-state index contributed by atoms with van der Waals surface area (Å²) in [6, 6.07) is 11.6. The molecule has 0 atom stereocenters. The first-order valence-electron chi connectivity index (χ1n) is 8.18. The summed E-state index contributed by atoms with van der Waals surface area (Å²) >= 11 is 0. The van der Waals surface area contributed by atoms with Crippen molar-refractivity contribution in [3.63, 3.8) is 0 Å². The van der Waals surface area contributed by atoms with Crippen LogP contribution >= 0.6 is 0 Å². The van der Waals surface area contributed by atoms with Crippen LogP contribution in [0.3, 0.4) is 0 Å². The number of aromatic nitrogens is 2. The number of methoxy groups -OCH3 is 2. The van der Waals surface area contributed by atoms with Crippen molar-refractivity contribution in [1.29, 1.82) is 0 Å². The third-order valence-corrected chi connectivity index (χ3v) is 3.85. The van der Waals surface area contributed by atoms with Gasteiger partial charge in [-0.05, 0) is 41.5 Å². The minimum atomic E-state index is -0.441. The molecule has 0 bridgehead atoms. The molecule has 0 spiro atoms. The minimum Gasteiger partial charge on any atom is -0.493 e. The Hall–Kier alpha value is -4.01. The maximum absolute atomic E-state index is 10.7. The molecule has 3 rings (SSSR count). The Kier molecular flexibility index (Phi) is 5.75. The lowest BCUT2D eigenvalue weighted by Gasteiger charge is -2.07. The predicted molar refractivity (Wildman–Crippen MR) is 105 cm³/mol. The van der Waals surface area contributed by atoms with Crippen molar-refractivity contribution in [2.45, 2.75) is 0 Å². The first-order valence-corrected chi connectivity index (χ1v) is 8.18. The quantitative estimate of drug-likeness (QED) is 0.380. The lowest BCUT2D eigenvalue weighted by Crippen LogP contribution is -1.97. The van der Waals surface area contributed by atoms with Crippen LogP contribution in [-0.2, 0) is 0 Å². The summed E-state index contributed by atoms with van der Waals surface area (Å²) in [6.07, 6.45) is 4.83. The number of non-ortho nitro benzene ring substituents is 1. The lowest BCUT2D eigenvalue weighted by molar-refractivity contribution is -0.384. The number of nitrogens with one attached hydrogen (secondary N) is 1. The molecular weight excluding hydrogens is 362 g/mol. The molecule has 9 heteroatoms. The molecule has 1 aromatic heterocycles. The number of benzene rings is 2. The molecule has 0 amide bonds. The van der Waals surface area contributed by atoms with Crippen molar-refractivity contribution >= 4 is 17.9 Å². The van der Waals surface area contributed by atoms with Crippen LogP contribution in [0, 0.1) is 10.1 Å². The van der Waals surface area contributed by atoms with E-state index in [1.807, 2.05) is 6.07 Å². The van der Waals surface area contributed by atoms with Crippen molar-refractivity contribution in [3.8, 4) is 22.6 Å². The summed E-state index contributed by atoms with van der Waals surface area (Å²) in [6.45, 7) is 0. The van der Waals surface area contributed by atoms with Gasteiger partial charge in [0.25, 0.3) is 5.69 Å². The van der Waals surface area contributed by atoms with Gasteiger partial charge < -0.3 is 9.47 Å². The normalized spacial score (nSPS) is 10.6. The van der Waals surface area contributed by atoms with E-state index in [0.717, 1.165) is 16.7 Å². The largest absolute Gasteiger partial charge is 0.493 e. The third kappa shape index (κ3) is 4.39. The number of rotatable bonds is 7. The highest BCUT2D eigenvalue weighted by molar-refractivity contribution is 5.81. The van der Waals surface area contributed by atoms with Crippen LogP contribution in [0.5, 0.6) is 11.5 Å². The van der Waals surface area contributed by atoms with Crippen molar-refractivity contribution in [2.24, 2.45) is 5.10 Å². The van der Waals surface area contributed by atoms with Crippen LogP contribution in [0.15, 0.2) is 60.0 Å². The first kappa shape index (κ1) is 18.8. The highest BCUT2D eigenvalue weighted by Crippen LogP contribution is 2.27. The zero-order valence-electron chi connectivity index (χ0n) is 15.2. The van der Waals surface area contributed by atoms with Crippen molar-refractivity contribution in [3.05, 3.63) is 70.5 Å². The summed E-state index contributed by atoms with van der Waals surface area (Å²) in [5.74, 6) is 1.57. The third-order valence-electron chi connectivity index (χ3n) is 3.85. The van der Waals surface area contributed by atoms with E-state index >= 15 is 0 Å². The van der Waals surface area contributed by atoms with Gasteiger partial charge in [-0.15, -0.1) is 0 Å². The molecule has 0 saturated heterocycles. The topological polar surface area (TPSA) is 112 Å². The number of hydrogen-bond donors (Lipinski definition) is 1. The van der Waals surface area contributed by atoms with Gasteiger partial charge in [-0.3, -0.25) is 10.1 Å². The molecule has 1 heterocycles. The monoisotopic (exact) mass is 379 g/mol. The highest BCUT2D eigenvalue weighted by atomic mass is 16.6. The van der Waals surface area contributed by atoms with Gasteiger partial charge >= 0.3 is 0 Å². The molecule has 0 aliphatic heterocycles. The number of hydrazone groups is 1. The summed E-state index contributed by atoms with van der Waals surface area (Å²) in [7, 11) is 3.14. The average molecular weight is 379 g/mol. The molecular formula is C19H17N5O4. The van der Waals surface area contributed by atoms with E-state index in [4.69, 9.17) is 9.47 Å². The van der Waals surface area contributed by atoms with E-state index in [9.17, 15) is 10.1 Å². The van der Waals surface area contributed by atoms with Gasteiger partial charge in [-0.1, -0.05) is 0 Å². The molecule has 0 aliphatic carbocycles. The zero-order chi connectivity index (χ0) is 19.9. The number of hydrogen-bond acceptors (Lipinski definition) is 8. The zero-order valence-corrected chi connectivity index (χ0v) is 15.2. The molecule has 0 radical (unpaired) electrons. The first-order chi connectivity index (χ1) is 13.6. The second-order valence-electron chi connectivity index (χ2n) is 5.58. The van der Waals surface area contributed by atoms with Gasteiger partial charge in [0.1, 0.15) is 0 Å². The molecule has 2 aromatic carbocycles. The van der Waals surface area contributed by atoms with Gasteiger partial charge in [-0.2, -0.15) is 5.10 Å². The fourth-order valence-electron chi connectivity index (χ4n) is 2.41. The maximum Gasteiger partial charge on any atom is 0.269 e. The molecule has 28 heavy (non-hydrogen) atoms. The number of nitro groups is 1. The Bertz CT molecular complexity index is 988. The molecule has 0 fully saturated rings. The summed E-state index contributed by atoms with van der Waals surface area (Å²) in [5, 5.41) is 14.8. The second kappa shape index (κ2) is 8.58. The van der Waals surface area contributed by atoms with Crippen molar-refractivity contribution in [2.75, 3.05) is 19.6 Å². The predicted octanol–water partition coefficient (Wildman–Crippen LogP) is 3.52. The van der Waals surface area contributed by atoms with Crippen LogP contribution < -0.4 is 14.9 Å². The Morgan fingerprint density at radius 1 is 1.00 bits per heavy atom. The van der Waals surface area contributed by atoms with E-state index in [-0.39, 0.29) is 5.69 Å². The Balaban J connectivity index is 1.66. The van der Waals surface area contributed by atoms with E-state index in [2.05, 4.69) is 20.5 Å².